The number of hydrogen-bond donors (Lipinski definition) is 1. The third kappa shape index (κ3) is 4.21. The van der Waals surface area contributed by atoms with Gasteiger partial charge in [0.2, 0.25) is 0 Å². The molecule has 5 heteroatoms. The Kier molecular flexibility index (Phi) is 5.47. The smallest absolute Gasteiger partial charge is 0.150 e. The number of hydrogen-bond acceptors (Lipinski definition) is 3. The van der Waals surface area contributed by atoms with Gasteiger partial charge in [0.05, 0.1) is 11.5 Å². The van der Waals surface area contributed by atoms with Crippen LogP contribution in [0.1, 0.15) is 25.3 Å². The molecule has 1 aliphatic rings. The second-order valence-corrected chi connectivity index (χ2v) is 8.16. The number of sulfone groups is 1. The van der Waals surface area contributed by atoms with Gasteiger partial charge in [0, 0.05) is 11.1 Å². The average molecular weight is 316 g/mol. The van der Waals surface area contributed by atoms with Crippen LogP contribution in [0.5, 0.6) is 0 Å². The van der Waals surface area contributed by atoms with Crippen molar-refractivity contribution in [2.75, 3.05) is 18.1 Å². The van der Waals surface area contributed by atoms with Crippen LogP contribution in [0.2, 0.25) is 5.02 Å². The lowest BCUT2D eigenvalue weighted by molar-refractivity contribution is 0.379. The molecule has 3 nitrogen and oxygen atoms in total. The van der Waals surface area contributed by atoms with Gasteiger partial charge >= 0.3 is 0 Å². The molecule has 0 radical (unpaired) electrons. The van der Waals surface area contributed by atoms with E-state index in [0.717, 1.165) is 36.4 Å². The molecule has 1 fully saturated rings. The number of nitrogens with one attached hydrogen (secondary N) is 1. The molecule has 0 aliphatic carbocycles. The summed E-state index contributed by atoms with van der Waals surface area (Å²) in [5.74, 6) is 0.825. The van der Waals surface area contributed by atoms with Gasteiger partial charge in [0.25, 0.3) is 0 Å². The molecule has 1 aromatic rings. The Morgan fingerprint density at radius 3 is 2.75 bits per heavy atom. The summed E-state index contributed by atoms with van der Waals surface area (Å²) in [6.45, 7) is 3.02. The van der Waals surface area contributed by atoms with Gasteiger partial charge in [-0.2, -0.15) is 0 Å². The highest BCUT2D eigenvalue weighted by Gasteiger charge is 2.33. The van der Waals surface area contributed by atoms with Crippen molar-refractivity contribution in [2.45, 2.75) is 32.2 Å². The minimum Gasteiger partial charge on any atom is -0.313 e. The molecule has 20 heavy (non-hydrogen) atoms. The predicted octanol–water partition coefficient (Wildman–Crippen LogP) is 2.69. The van der Waals surface area contributed by atoms with Crippen molar-refractivity contribution >= 4 is 21.4 Å². The van der Waals surface area contributed by atoms with Crippen LogP contribution in [-0.2, 0) is 16.3 Å². The van der Waals surface area contributed by atoms with Gasteiger partial charge in [-0.05, 0) is 43.4 Å². The van der Waals surface area contributed by atoms with E-state index in [2.05, 4.69) is 12.2 Å². The zero-order chi connectivity index (χ0) is 14.6. The SMILES string of the molecule is CCCNC(Cc1ccccc1Cl)C1CCS(=O)(=O)C1. The maximum absolute atomic E-state index is 11.7. The van der Waals surface area contributed by atoms with Crippen molar-refractivity contribution < 1.29 is 8.42 Å². The van der Waals surface area contributed by atoms with Gasteiger partial charge < -0.3 is 5.32 Å². The first-order chi connectivity index (χ1) is 9.52. The molecular formula is C15H22ClNO2S. The first-order valence-electron chi connectivity index (χ1n) is 7.19. The van der Waals surface area contributed by atoms with Crippen molar-refractivity contribution in [3.8, 4) is 0 Å². The van der Waals surface area contributed by atoms with Crippen molar-refractivity contribution in [1.29, 1.82) is 0 Å². The fraction of sp³-hybridized carbons (Fsp3) is 0.600. The topological polar surface area (TPSA) is 46.2 Å². The first kappa shape index (κ1) is 15.8. The van der Waals surface area contributed by atoms with Crippen LogP contribution in [0.3, 0.4) is 0 Å². The van der Waals surface area contributed by atoms with E-state index in [9.17, 15) is 8.42 Å². The van der Waals surface area contributed by atoms with Crippen molar-refractivity contribution in [2.24, 2.45) is 5.92 Å². The summed E-state index contributed by atoms with van der Waals surface area (Å²) in [5.41, 5.74) is 1.09. The number of rotatable bonds is 6. The monoisotopic (exact) mass is 315 g/mol. The van der Waals surface area contributed by atoms with Crippen molar-refractivity contribution in [3.63, 3.8) is 0 Å². The average Bonchev–Trinajstić information content (AvgIpc) is 2.77. The summed E-state index contributed by atoms with van der Waals surface area (Å²) in [5, 5.41) is 4.26. The zero-order valence-electron chi connectivity index (χ0n) is 11.8. The van der Waals surface area contributed by atoms with Crippen molar-refractivity contribution in [3.05, 3.63) is 34.9 Å². The van der Waals surface area contributed by atoms with Crippen LogP contribution in [-0.4, -0.2) is 32.5 Å². The third-order valence-corrected chi connectivity index (χ3v) is 6.05. The lowest BCUT2D eigenvalue weighted by Crippen LogP contribution is -2.39. The van der Waals surface area contributed by atoms with Crippen LogP contribution in [0, 0.1) is 5.92 Å². The second-order valence-electron chi connectivity index (χ2n) is 5.52. The van der Waals surface area contributed by atoms with Crippen molar-refractivity contribution in [1.82, 2.24) is 5.32 Å². The Morgan fingerprint density at radius 2 is 2.15 bits per heavy atom. The number of benzene rings is 1. The van der Waals surface area contributed by atoms with E-state index in [0.29, 0.717) is 11.5 Å². The molecule has 1 aromatic carbocycles. The lowest BCUT2D eigenvalue weighted by atomic mass is 9.93. The quantitative estimate of drug-likeness (QED) is 0.878. The minimum atomic E-state index is -2.84. The maximum Gasteiger partial charge on any atom is 0.150 e. The Bertz CT molecular complexity index is 545. The maximum atomic E-state index is 11.7. The van der Waals surface area contributed by atoms with E-state index < -0.39 is 9.84 Å². The Labute approximate surface area is 126 Å². The van der Waals surface area contributed by atoms with E-state index in [-0.39, 0.29) is 12.0 Å². The first-order valence-corrected chi connectivity index (χ1v) is 9.39. The van der Waals surface area contributed by atoms with Gasteiger partial charge in [-0.25, -0.2) is 8.42 Å². The molecule has 2 unspecified atom stereocenters. The molecule has 2 atom stereocenters. The van der Waals surface area contributed by atoms with Gasteiger partial charge in [-0.15, -0.1) is 0 Å². The molecule has 0 saturated carbocycles. The minimum absolute atomic E-state index is 0.187. The van der Waals surface area contributed by atoms with E-state index in [4.69, 9.17) is 11.6 Å². The molecule has 1 heterocycles. The second kappa shape index (κ2) is 6.92. The highest BCUT2D eigenvalue weighted by Crippen LogP contribution is 2.26. The predicted molar refractivity (Wildman–Crippen MR) is 84.0 cm³/mol. The lowest BCUT2D eigenvalue weighted by Gasteiger charge is -2.24. The summed E-state index contributed by atoms with van der Waals surface area (Å²) >= 11 is 6.22. The van der Waals surface area contributed by atoms with Crippen LogP contribution in [0.4, 0.5) is 0 Å². The third-order valence-electron chi connectivity index (χ3n) is 3.89. The summed E-state index contributed by atoms with van der Waals surface area (Å²) < 4.78 is 23.4. The van der Waals surface area contributed by atoms with Crippen LogP contribution >= 0.6 is 11.6 Å². The molecule has 0 aromatic heterocycles. The van der Waals surface area contributed by atoms with Gasteiger partial charge in [-0.1, -0.05) is 36.7 Å². The van der Waals surface area contributed by atoms with Crippen LogP contribution in [0.15, 0.2) is 24.3 Å². The van der Waals surface area contributed by atoms with Crippen LogP contribution in [0.25, 0.3) is 0 Å². The molecule has 2 rings (SSSR count). The standard InChI is InChI=1S/C15H22ClNO2S/c1-2-8-17-15(13-7-9-20(18,19)11-13)10-12-5-3-4-6-14(12)16/h3-6,13,15,17H,2,7-11H2,1H3. The molecule has 0 amide bonds. The summed E-state index contributed by atoms with van der Waals surface area (Å²) in [7, 11) is -2.84. The summed E-state index contributed by atoms with van der Waals surface area (Å²) in [6.07, 6.45) is 2.59. The Balaban J connectivity index is 2.10. The molecule has 0 bridgehead atoms. The summed E-state index contributed by atoms with van der Waals surface area (Å²) in [4.78, 5) is 0. The molecular weight excluding hydrogens is 294 g/mol. The van der Waals surface area contributed by atoms with E-state index in [1.165, 1.54) is 0 Å². The molecule has 112 valence electrons. The molecule has 0 spiro atoms. The van der Waals surface area contributed by atoms with E-state index in [1.807, 2.05) is 24.3 Å². The molecule has 1 saturated heterocycles. The Hall–Kier alpha value is -0.580. The van der Waals surface area contributed by atoms with Gasteiger partial charge in [-0.3, -0.25) is 0 Å². The van der Waals surface area contributed by atoms with Crippen LogP contribution < -0.4 is 5.32 Å². The highest BCUT2D eigenvalue weighted by atomic mass is 35.5. The largest absolute Gasteiger partial charge is 0.313 e. The Morgan fingerprint density at radius 1 is 1.40 bits per heavy atom. The summed E-state index contributed by atoms with van der Waals surface area (Å²) in [6, 6.07) is 7.99. The van der Waals surface area contributed by atoms with E-state index >= 15 is 0 Å². The molecule has 1 aliphatic heterocycles. The highest BCUT2D eigenvalue weighted by molar-refractivity contribution is 7.91. The molecule has 1 N–H and O–H groups in total. The van der Waals surface area contributed by atoms with E-state index in [1.54, 1.807) is 0 Å². The zero-order valence-corrected chi connectivity index (χ0v) is 13.4. The fourth-order valence-electron chi connectivity index (χ4n) is 2.78. The normalized spacial score (nSPS) is 22.8. The fourth-order valence-corrected chi connectivity index (χ4v) is 4.87. The number of halogens is 1. The van der Waals surface area contributed by atoms with Gasteiger partial charge in [0.15, 0.2) is 9.84 Å². The van der Waals surface area contributed by atoms with Gasteiger partial charge in [0.1, 0.15) is 0 Å².